The Hall–Kier alpha value is -3.09. The number of nitrogens with one attached hydrogen (secondary N) is 4. The lowest BCUT2D eigenvalue weighted by atomic mass is 10.0. The van der Waals surface area contributed by atoms with Crippen molar-refractivity contribution in [2.45, 2.75) is 33.2 Å². The number of carbonyl (C=O) groups is 2. The van der Waals surface area contributed by atoms with Gasteiger partial charge in [0.05, 0.1) is 5.69 Å². The Bertz CT molecular complexity index is 785. The smallest absolute Gasteiger partial charge is 0.319 e. The molecule has 7 heteroatoms. The second-order valence-corrected chi connectivity index (χ2v) is 7.23. The number of anilines is 2. The summed E-state index contributed by atoms with van der Waals surface area (Å²) in [6.07, 6.45) is 3.42. The summed E-state index contributed by atoms with van der Waals surface area (Å²) in [4.78, 5) is 28.5. The van der Waals surface area contributed by atoms with E-state index in [0.29, 0.717) is 24.3 Å². The van der Waals surface area contributed by atoms with Crippen molar-refractivity contribution < 1.29 is 9.59 Å². The van der Waals surface area contributed by atoms with Crippen LogP contribution in [-0.2, 0) is 0 Å². The van der Waals surface area contributed by atoms with Crippen LogP contribution in [0.2, 0.25) is 0 Å². The molecule has 0 aliphatic rings. The van der Waals surface area contributed by atoms with Crippen LogP contribution in [0.1, 0.15) is 36.7 Å². The van der Waals surface area contributed by atoms with Gasteiger partial charge in [-0.3, -0.25) is 9.78 Å². The molecule has 2 rings (SSSR count). The van der Waals surface area contributed by atoms with Gasteiger partial charge in [0.1, 0.15) is 0 Å². The Morgan fingerprint density at radius 3 is 2.52 bits per heavy atom. The third-order valence-electron chi connectivity index (χ3n) is 3.72. The van der Waals surface area contributed by atoms with Gasteiger partial charge in [0.2, 0.25) is 0 Å². The molecule has 3 amide bonds. The van der Waals surface area contributed by atoms with Gasteiger partial charge in [-0.2, -0.15) is 0 Å². The fourth-order valence-corrected chi connectivity index (χ4v) is 2.44. The van der Waals surface area contributed by atoms with Gasteiger partial charge in [0.15, 0.2) is 0 Å². The molecular formula is C20H27N5O2. The number of hydrogen-bond donors (Lipinski definition) is 4. The number of pyridine rings is 1. The summed E-state index contributed by atoms with van der Waals surface area (Å²) >= 11 is 0. The van der Waals surface area contributed by atoms with Gasteiger partial charge in [0, 0.05) is 42.3 Å². The van der Waals surface area contributed by atoms with Crippen molar-refractivity contribution in [1.82, 2.24) is 15.6 Å². The van der Waals surface area contributed by atoms with Crippen molar-refractivity contribution in [3.63, 3.8) is 0 Å². The molecule has 0 bridgehead atoms. The van der Waals surface area contributed by atoms with E-state index >= 15 is 0 Å². The highest BCUT2D eigenvalue weighted by Gasteiger charge is 2.18. The van der Waals surface area contributed by atoms with Crippen LogP contribution in [0.4, 0.5) is 16.2 Å². The van der Waals surface area contributed by atoms with E-state index in [4.69, 9.17) is 0 Å². The molecule has 0 aliphatic carbocycles. The third-order valence-corrected chi connectivity index (χ3v) is 3.72. The minimum Gasteiger partial charge on any atom is -0.382 e. The van der Waals surface area contributed by atoms with Crippen LogP contribution in [0.5, 0.6) is 0 Å². The van der Waals surface area contributed by atoms with Crippen molar-refractivity contribution in [3.8, 4) is 0 Å². The van der Waals surface area contributed by atoms with Gasteiger partial charge in [-0.1, -0.05) is 6.07 Å². The summed E-state index contributed by atoms with van der Waals surface area (Å²) in [7, 11) is 0. The minimum absolute atomic E-state index is 0.162. The molecule has 0 atom stereocenters. The van der Waals surface area contributed by atoms with E-state index < -0.39 is 0 Å². The Labute approximate surface area is 160 Å². The first-order valence-corrected chi connectivity index (χ1v) is 8.87. The number of nitrogens with zero attached hydrogens (tertiary/aromatic N) is 1. The lowest BCUT2D eigenvalue weighted by Crippen LogP contribution is -2.41. The highest BCUT2D eigenvalue weighted by Crippen LogP contribution is 2.19. The Kier molecular flexibility index (Phi) is 6.76. The number of carbonyl (C=O) groups excluding carboxylic acids is 2. The van der Waals surface area contributed by atoms with Crippen LogP contribution in [0.25, 0.3) is 0 Å². The normalized spacial score (nSPS) is 10.8. The van der Waals surface area contributed by atoms with E-state index in [9.17, 15) is 9.59 Å². The quantitative estimate of drug-likeness (QED) is 0.588. The number of urea groups is 1. The summed E-state index contributed by atoms with van der Waals surface area (Å²) in [6.45, 7) is 8.62. The maximum Gasteiger partial charge on any atom is 0.319 e. The number of aromatic nitrogens is 1. The van der Waals surface area contributed by atoms with Crippen LogP contribution < -0.4 is 21.3 Å². The van der Waals surface area contributed by atoms with Gasteiger partial charge in [-0.05, 0) is 57.5 Å². The van der Waals surface area contributed by atoms with Crippen molar-refractivity contribution in [1.29, 1.82) is 0 Å². The maximum absolute atomic E-state index is 12.4. The molecule has 0 radical (unpaired) electrons. The Balaban J connectivity index is 1.88. The van der Waals surface area contributed by atoms with E-state index in [0.717, 1.165) is 11.3 Å². The highest BCUT2D eigenvalue weighted by molar-refractivity contribution is 5.99. The van der Waals surface area contributed by atoms with E-state index in [1.54, 1.807) is 30.6 Å². The minimum atomic E-state index is -0.328. The van der Waals surface area contributed by atoms with Crippen molar-refractivity contribution in [2.75, 3.05) is 23.7 Å². The lowest BCUT2D eigenvalue weighted by molar-refractivity contribution is 0.0919. The van der Waals surface area contributed by atoms with Crippen LogP contribution in [0.15, 0.2) is 42.7 Å². The SMILES string of the molecule is Cc1c(NC(=O)NCCNc2cccnc2)cccc1C(=O)NC(C)(C)C. The molecule has 0 unspecified atom stereocenters. The average molecular weight is 369 g/mol. The number of amides is 3. The first-order chi connectivity index (χ1) is 12.8. The van der Waals surface area contributed by atoms with Crippen molar-refractivity contribution in [2.24, 2.45) is 0 Å². The van der Waals surface area contributed by atoms with Gasteiger partial charge in [0.25, 0.3) is 5.91 Å². The summed E-state index contributed by atoms with van der Waals surface area (Å²) in [5.41, 5.74) is 2.44. The first kappa shape index (κ1) is 20.2. The van der Waals surface area contributed by atoms with Crippen LogP contribution in [0.3, 0.4) is 0 Å². The van der Waals surface area contributed by atoms with E-state index in [-0.39, 0.29) is 17.5 Å². The Morgan fingerprint density at radius 2 is 1.85 bits per heavy atom. The van der Waals surface area contributed by atoms with E-state index in [2.05, 4.69) is 26.3 Å². The first-order valence-electron chi connectivity index (χ1n) is 8.87. The fourth-order valence-electron chi connectivity index (χ4n) is 2.44. The van der Waals surface area contributed by atoms with Crippen molar-refractivity contribution >= 4 is 23.3 Å². The zero-order valence-corrected chi connectivity index (χ0v) is 16.2. The zero-order valence-electron chi connectivity index (χ0n) is 16.2. The molecule has 1 aromatic heterocycles. The fraction of sp³-hybridized carbons (Fsp3) is 0.350. The Morgan fingerprint density at radius 1 is 1.07 bits per heavy atom. The molecule has 144 valence electrons. The van der Waals surface area contributed by atoms with Gasteiger partial charge in [-0.15, -0.1) is 0 Å². The molecule has 0 spiro atoms. The second-order valence-electron chi connectivity index (χ2n) is 7.23. The highest BCUT2D eigenvalue weighted by atomic mass is 16.2. The summed E-state index contributed by atoms with van der Waals surface area (Å²) in [6, 6.07) is 8.70. The van der Waals surface area contributed by atoms with E-state index in [1.165, 1.54) is 0 Å². The van der Waals surface area contributed by atoms with Crippen LogP contribution >= 0.6 is 0 Å². The lowest BCUT2D eigenvalue weighted by Gasteiger charge is -2.21. The zero-order chi connectivity index (χ0) is 19.9. The number of hydrogen-bond acceptors (Lipinski definition) is 4. The molecule has 27 heavy (non-hydrogen) atoms. The molecule has 0 saturated heterocycles. The molecule has 2 aromatic rings. The number of rotatable bonds is 6. The largest absolute Gasteiger partial charge is 0.382 e. The molecule has 0 saturated carbocycles. The third kappa shape index (κ3) is 6.62. The predicted octanol–water partition coefficient (Wildman–Crippen LogP) is 3.15. The molecule has 1 heterocycles. The molecule has 4 N–H and O–H groups in total. The molecule has 0 fully saturated rings. The van der Waals surface area contributed by atoms with Gasteiger partial charge < -0.3 is 21.3 Å². The summed E-state index contributed by atoms with van der Waals surface area (Å²) in [5.74, 6) is -0.162. The molecule has 1 aromatic carbocycles. The summed E-state index contributed by atoms with van der Waals surface area (Å²) in [5, 5.41) is 11.7. The van der Waals surface area contributed by atoms with Crippen molar-refractivity contribution in [3.05, 3.63) is 53.9 Å². The number of benzene rings is 1. The summed E-state index contributed by atoms with van der Waals surface area (Å²) < 4.78 is 0. The average Bonchev–Trinajstić information content (AvgIpc) is 2.60. The van der Waals surface area contributed by atoms with E-state index in [1.807, 2.05) is 39.8 Å². The second kappa shape index (κ2) is 9.02. The molecular weight excluding hydrogens is 342 g/mol. The molecule has 0 aliphatic heterocycles. The predicted molar refractivity (Wildman–Crippen MR) is 108 cm³/mol. The van der Waals surface area contributed by atoms with Gasteiger partial charge >= 0.3 is 6.03 Å². The van der Waals surface area contributed by atoms with Crippen LogP contribution in [0, 0.1) is 6.92 Å². The van der Waals surface area contributed by atoms with Crippen LogP contribution in [-0.4, -0.2) is 35.6 Å². The maximum atomic E-state index is 12.4. The molecule has 7 nitrogen and oxygen atoms in total. The van der Waals surface area contributed by atoms with Gasteiger partial charge in [-0.25, -0.2) is 4.79 Å². The monoisotopic (exact) mass is 369 g/mol. The topological polar surface area (TPSA) is 95.2 Å². The standard InChI is InChI=1S/C20H27N5O2/c1-14-16(18(26)25-20(2,3)4)8-5-9-17(14)24-19(27)23-12-11-22-15-7-6-10-21-13-15/h5-10,13,22H,11-12H2,1-4H3,(H,25,26)(H2,23,24,27).